The second-order valence-corrected chi connectivity index (χ2v) is 5.71. The Balaban J connectivity index is 2.70. The molecular weight excluding hydrogens is 288 g/mol. The highest BCUT2D eigenvalue weighted by Crippen LogP contribution is 2.22. The number of carboxylic acids is 1. The molecule has 0 aliphatic rings. The number of aliphatic carboxylic acids is 1. The molecule has 0 fully saturated rings. The first kappa shape index (κ1) is 16.1. The van der Waals surface area contributed by atoms with Crippen molar-refractivity contribution in [2.45, 2.75) is 24.2 Å². The highest BCUT2D eigenvalue weighted by molar-refractivity contribution is 7.89. The number of nitrogens with zero attached hydrogens (tertiary/aromatic N) is 1. The van der Waals surface area contributed by atoms with Crippen LogP contribution in [0.2, 0.25) is 0 Å². The Bertz CT molecular complexity index is 599. The van der Waals surface area contributed by atoms with E-state index in [-0.39, 0.29) is 13.0 Å². The summed E-state index contributed by atoms with van der Waals surface area (Å²) in [6, 6.07) is 5.03. The maximum absolute atomic E-state index is 11.9. The van der Waals surface area contributed by atoms with Crippen molar-refractivity contribution in [3.8, 4) is 0 Å². The van der Waals surface area contributed by atoms with E-state index in [9.17, 15) is 23.3 Å². The molecule has 0 radical (unpaired) electrons. The molecule has 0 saturated carbocycles. The van der Waals surface area contributed by atoms with Crippen molar-refractivity contribution in [2.24, 2.45) is 0 Å². The average Bonchev–Trinajstić information content (AvgIpc) is 2.37. The number of benzene rings is 1. The van der Waals surface area contributed by atoms with E-state index < -0.39 is 31.5 Å². The highest BCUT2D eigenvalue weighted by Gasteiger charge is 2.24. The molecule has 8 nitrogen and oxygen atoms in total. The van der Waals surface area contributed by atoms with Crippen molar-refractivity contribution in [3.63, 3.8) is 0 Å². The molecule has 20 heavy (non-hydrogen) atoms. The molecule has 110 valence electrons. The van der Waals surface area contributed by atoms with Gasteiger partial charge in [0.2, 0.25) is 10.0 Å². The third kappa shape index (κ3) is 4.59. The highest BCUT2D eigenvalue weighted by atomic mass is 32.2. The number of carbonyl (C=O) groups is 1. The van der Waals surface area contributed by atoms with E-state index >= 15 is 0 Å². The quantitative estimate of drug-likeness (QED) is 0.421. The second kappa shape index (κ2) is 6.96. The number of hydrogen-bond acceptors (Lipinski definition) is 5. The summed E-state index contributed by atoms with van der Waals surface area (Å²) in [4.78, 5) is 19.9. The van der Waals surface area contributed by atoms with Gasteiger partial charge in [-0.15, -0.1) is 0 Å². The summed E-state index contributed by atoms with van der Waals surface area (Å²) in [5.74, 6) is -0.952. The summed E-state index contributed by atoms with van der Waals surface area (Å²) in [5.41, 5.74) is -0.495. The van der Waals surface area contributed by atoms with Gasteiger partial charge < -0.3 is 5.11 Å². The zero-order valence-electron chi connectivity index (χ0n) is 10.5. The lowest BCUT2D eigenvalue weighted by atomic mass is 10.2. The first-order valence-electron chi connectivity index (χ1n) is 5.79. The number of unbranched alkanes of at least 4 members (excludes halogenated alkanes) is 1. The summed E-state index contributed by atoms with van der Waals surface area (Å²) in [5, 5.41) is 19.2. The van der Waals surface area contributed by atoms with Crippen molar-refractivity contribution < 1.29 is 23.2 Å². The fourth-order valence-electron chi connectivity index (χ4n) is 1.52. The van der Waals surface area contributed by atoms with E-state index in [1.807, 2.05) is 0 Å². The maximum Gasteiger partial charge on any atom is 0.303 e. The van der Waals surface area contributed by atoms with Gasteiger partial charge in [-0.1, -0.05) is 12.1 Å². The fourth-order valence-corrected chi connectivity index (χ4v) is 2.76. The van der Waals surface area contributed by atoms with Gasteiger partial charge in [0.05, 0.1) is 4.92 Å². The number of rotatable bonds is 8. The smallest absolute Gasteiger partial charge is 0.303 e. The molecule has 1 rings (SSSR count). The number of nitro groups is 1. The zero-order chi connectivity index (χ0) is 15.2. The van der Waals surface area contributed by atoms with Crippen LogP contribution >= 0.6 is 0 Å². The van der Waals surface area contributed by atoms with Crippen LogP contribution < -0.4 is 4.72 Å². The number of carboxylic acid groups (broad SMARTS) is 1. The van der Waals surface area contributed by atoms with Crippen molar-refractivity contribution in [1.29, 1.82) is 0 Å². The van der Waals surface area contributed by atoms with E-state index in [1.165, 1.54) is 12.1 Å². The number of nitrogens with one attached hydrogen (secondary N) is 1. The lowest BCUT2D eigenvalue weighted by Crippen LogP contribution is -2.25. The van der Waals surface area contributed by atoms with Gasteiger partial charge in [0.1, 0.15) is 0 Å². The lowest BCUT2D eigenvalue weighted by molar-refractivity contribution is -0.387. The van der Waals surface area contributed by atoms with Crippen LogP contribution in [0.5, 0.6) is 0 Å². The molecule has 9 heteroatoms. The van der Waals surface area contributed by atoms with Crippen molar-refractivity contribution in [2.75, 3.05) is 6.54 Å². The van der Waals surface area contributed by atoms with Crippen LogP contribution in [-0.2, 0) is 14.8 Å². The predicted octanol–water partition coefficient (Wildman–Crippen LogP) is 1.13. The third-order valence-electron chi connectivity index (χ3n) is 2.46. The Hall–Kier alpha value is -2.00. The first-order chi connectivity index (χ1) is 9.34. The van der Waals surface area contributed by atoms with Crippen LogP contribution in [0.1, 0.15) is 19.3 Å². The minimum Gasteiger partial charge on any atom is -0.481 e. The van der Waals surface area contributed by atoms with Gasteiger partial charge in [-0.2, -0.15) is 0 Å². The number of hydrogen-bond donors (Lipinski definition) is 2. The van der Waals surface area contributed by atoms with Crippen LogP contribution in [0, 0.1) is 10.1 Å². The van der Waals surface area contributed by atoms with Gasteiger partial charge >= 0.3 is 5.97 Å². The Morgan fingerprint density at radius 1 is 1.30 bits per heavy atom. The number of sulfonamides is 1. The molecule has 2 N–H and O–H groups in total. The van der Waals surface area contributed by atoms with Gasteiger partial charge in [-0.05, 0) is 18.9 Å². The minimum absolute atomic E-state index is 0.0294. The van der Waals surface area contributed by atoms with E-state index in [0.29, 0.717) is 12.8 Å². The normalized spacial score (nSPS) is 11.2. The maximum atomic E-state index is 11.9. The summed E-state index contributed by atoms with van der Waals surface area (Å²) in [7, 11) is -3.98. The van der Waals surface area contributed by atoms with Crippen LogP contribution in [0.4, 0.5) is 5.69 Å². The summed E-state index contributed by atoms with van der Waals surface area (Å²) < 4.78 is 26.1. The fraction of sp³-hybridized carbons (Fsp3) is 0.364. The molecule has 0 spiro atoms. The molecule has 0 unspecified atom stereocenters. The number of para-hydroxylation sites is 1. The largest absolute Gasteiger partial charge is 0.481 e. The monoisotopic (exact) mass is 302 g/mol. The van der Waals surface area contributed by atoms with Gasteiger partial charge in [-0.3, -0.25) is 14.9 Å². The zero-order valence-corrected chi connectivity index (χ0v) is 11.3. The van der Waals surface area contributed by atoms with Crippen LogP contribution in [0.15, 0.2) is 29.2 Å². The molecule has 0 aromatic heterocycles. The molecule has 0 bridgehead atoms. The molecule has 0 heterocycles. The molecule has 0 saturated heterocycles. The van der Waals surface area contributed by atoms with E-state index in [0.717, 1.165) is 12.1 Å². The van der Waals surface area contributed by atoms with Crippen molar-refractivity contribution in [1.82, 2.24) is 4.72 Å². The van der Waals surface area contributed by atoms with E-state index in [2.05, 4.69) is 4.72 Å². The molecule has 1 aromatic carbocycles. The van der Waals surface area contributed by atoms with Gasteiger partial charge in [0, 0.05) is 19.0 Å². The Labute approximate surface area is 115 Å². The second-order valence-electron chi connectivity index (χ2n) is 3.97. The lowest BCUT2D eigenvalue weighted by Gasteiger charge is -2.06. The SMILES string of the molecule is O=C(O)CCCCNS(=O)(=O)c1ccccc1[N+](=O)[O-]. The predicted molar refractivity (Wildman–Crippen MR) is 69.8 cm³/mol. The molecule has 0 aliphatic heterocycles. The number of nitro benzene ring substituents is 1. The standard InChI is InChI=1S/C11H14N2O6S/c14-11(15)7-3-4-8-12-20(18,19)10-6-2-1-5-9(10)13(16)17/h1-2,5-6,12H,3-4,7-8H2,(H,14,15). The molecule has 0 atom stereocenters. The Morgan fingerprint density at radius 3 is 2.55 bits per heavy atom. The Kier molecular flexibility index (Phi) is 5.59. The van der Waals surface area contributed by atoms with Crippen LogP contribution in [0.25, 0.3) is 0 Å². The molecular formula is C11H14N2O6S. The summed E-state index contributed by atoms with van der Waals surface area (Å²) in [6.45, 7) is 0.0294. The van der Waals surface area contributed by atoms with E-state index in [1.54, 1.807) is 0 Å². The topological polar surface area (TPSA) is 127 Å². The van der Waals surface area contributed by atoms with Crippen LogP contribution in [0.3, 0.4) is 0 Å². The first-order valence-corrected chi connectivity index (χ1v) is 7.28. The summed E-state index contributed by atoms with van der Waals surface area (Å²) >= 11 is 0. The van der Waals surface area contributed by atoms with Gasteiger partial charge in [0.15, 0.2) is 4.90 Å². The van der Waals surface area contributed by atoms with Gasteiger partial charge in [-0.25, -0.2) is 13.1 Å². The molecule has 1 aromatic rings. The minimum atomic E-state index is -3.98. The van der Waals surface area contributed by atoms with Crippen molar-refractivity contribution >= 4 is 21.7 Å². The van der Waals surface area contributed by atoms with Crippen LogP contribution in [-0.4, -0.2) is 31.0 Å². The molecule has 0 aliphatic carbocycles. The summed E-state index contributed by atoms with van der Waals surface area (Å²) in [6.07, 6.45) is 0.619. The third-order valence-corrected chi connectivity index (χ3v) is 3.97. The average molecular weight is 302 g/mol. The van der Waals surface area contributed by atoms with Crippen molar-refractivity contribution in [3.05, 3.63) is 34.4 Å². The van der Waals surface area contributed by atoms with E-state index in [4.69, 9.17) is 5.11 Å². The van der Waals surface area contributed by atoms with Gasteiger partial charge in [0.25, 0.3) is 5.69 Å². The Morgan fingerprint density at radius 2 is 1.95 bits per heavy atom. The molecule has 0 amide bonds.